The van der Waals surface area contributed by atoms with Crippen molar-refractivity contribution in [2.24, 2.45) is 5.92 Å². The van der Waals surface area contributed by atoms with Crippen molar-refractivity contribution in [2.45, 2.75) is 38.1 Å². The fourth-order valence-corrected chi connectivity index (χ4v) is 3.35. The van der Waals surface area contributed by atoms with E-state index in [1.54, 1.807) is 6.92 Å². The van der Waals surface area contributed by atoms with E-state index in [2.05, 4.69) is 17.4 Å². The Morgan fingerprint density at radius 3 is 3.00 bits per heavy atom. The predicted octanol–water partition coefficient (Wildman–Crippen LogP) is 2.47. The topological polar surface area (TPSA) is 38.3 Å². The van der Waals surface area contributed by atoms with Crippen molar-refractivity contribution in [3.8, 4) is 5.75 Å². The van der Waals surface area contributed by atoms with E-state index in [0.29, 0.717) is 17.9 Å². The van der Waals surface area contributed by atoms with Gasteiger partial charge in [0.25, 0.3) is 0 Å². The molecule has 18 heavy (non-hydrogen) atoms. The molecule has 3 atom stereocenters. The van der Waals surface area contributed by atoms with Crippen LogP contribution in [-0.2, 0) is 4.79 Å². The first-order chi connectivity index (χ1) is 8.74. The molecule has 0 spiro atoms. The number of hydrogen-bond donors (Lipinski definition) is 1. The molecule has 1 aromatic rings. The number of nitrogens with one attached hydrogen (secondary N) is 1. The minimum absolute atomic E-state index is 0.0822. The number of benzene rings is 1. The van der Waals surface area contributed by atoms with Gasteiger partial charge >= 0.3 is 0 Å². The van der Waals surface area contributed by atoms with Gasteiger partial charge in [0.15, 0.2) is 0 Å². The molecule has 1 aromatic carbocycles. The fraction of sp³-hybridized carbons (Fsp3) is 0.533. The van der Waals surface area contributed by atoms with Gasteiger partial charge in [-0.05, 0) is 36.8 Å². The SMILES string of the molecule is CC(=O)N[C@@H]1CCC2COc3ccccc3C2C1. The highest BCUT2D eigenvalue weighted by molar-refractivity contribution is 5.73. The maximum atomic E-state index is 11.2. The summed E-state index contributed by atoms with van der Waals surface area (Å²) in [5.74, 6) is 2.27. The lowest BCUT2D eigenvalue weighted by molar-refractivity contribution is -0.120. The Hall–Kier alpha value is -1.51. The van der Waals surface area contributed by atoms with Crippen LogP contribution in [0.1, 0.15) is 37.7 Å². The predicted molar refractivity (Wildman–Crippen MR) is 69.6 cm³/mol. The molecular weight excluding hydrogens is 226 g/mol. The van der Waals surface area contributed by atoms with Crippen LogP contribution >= 0.6 is 0 Å². The molecule has 3 rings (SSSR count). The molecule has 1 fully saturated rings. The molecule has 1 heterocycles. The first-order valence-electron chi connectivity index (χ1n) is 6.73. The van der Waals surface area contributed by atoms with Gasteiger partial charge in [0.2, 0.25) is 5.91 Å². The second-order valence-corrected chi connectivity index (χ2v) is 5.43. The summed E-state index contributed by atoms with van der Waals surface area (Å²) < 4.78 is 5.82. The van der Waals surface area contributed by atoms with Crippen molar-refractivity contribution in [3.05, 3.63) is 29.8 Å². The van der Waals surface area contributed by atoms with Crippen molar-refractivity contribution in [2.75, 3.05) is 6.61 Å². The minimum Gasteiger partial charge on any atom is -0.493 e. The summed E-state index contributed by atoms with van der Waals surface area (Å²) >= 11 is 0. The highest BCUT2D eigenvalue weighted by Gasteiger charge is 2.36. The average Bonchev–Trinajstić information content (AvgIpc) is 2.38. The molecule has 1 aliphatic carbocycles. The summed E-state index contributed by atoms with van der Waals surface area (Å²) in [6.45, 7) is 2.43. The number of ether oxygens (including phenoxy) is 1. The number of rotatable bonds is 1. The van der Waals surface area contributed by atoms with E-state index in [1.165, 1.54) is 5.56 Å². The third kappa shape index (κ3) is 2.09. The minimum atomic E-state index is 0.0822. The zero-order valence-corrected chi connectivity index (χ0v) is 10.7. The Morgan fingerprint density at radius 1 is 1.33 bits per heavy atom. The summed E-state index contributed by atoms with van der Waals surface area (Å²) in [6, 6.07) is 8.64. The Balaban J connectivity index is 1.82. The van der Waals surface area contributed by atoms with Gasteiger partial charge in [-0.15, -0.1) is 0 Å². The van der Waals surface area contributed by atoms with Crippen LogP contribution in [0.3, 0.4) is 0 Å². The lowest BCUT2D eigenvalue weighted by atomic mass is 9.72. The monoisotopic (exact) mass is 245 g/mol. The van der Waals surface area contributed by atoms with Crippen molar-refractivity contribution >= 4 is 5.91 Å². The van der Waals surface area contributed by atoms with E-state index >= 15 is 0 Å². The molecule has 0 bridgehead atoms. The Bertz CT molecular complexity index is 458. The third-order valence-corrected chi connectivity index (χ3v) is 4.17. The molecule has 0 saturated heterocycles. The fourth-order valence-electron chi connectivity index (χ4n) is 3.35. The maximum Gasteiger partial charge on any atom is 0.217 e. The normalized spacial score (nSPS) is 29.7. The van der Waals surface area contributed by atoms with Crippen molar-refractivity contribution < 1.29 is 9.53 Å². The number of carbonyl (C=O) groups excluding carboxylic acids is 1. The molecule has 0 aromatic heterocycles. The van der Waals surface area contributed by atoms with E-state index in [4.69, 9.17) is 4.74 Å². The molecule has 1 N–H and O–H groups in total. The van der Waals surface area contributed by atoms with Crippen LogP contribution in [0.25, 0.3) is 0 Å². The van der Waals surface area contributed by atoms with Gasteiger partial charge in [-0.25, -0.2) is 0 Å². The van der Waals surface area contributed by atoms with E-state index in [1.807, 2.05) is 12.1 Å². The van der Waals surface area contributed by atoms with Gasteiger partial charge in [0.05, 0.1) is 6.61 Å². The molecule has 3 nitrogen and oxygen atoms in total. The van der Waals surface area contributed by atoms with Crippen LogP contribution in [0.15, 0.2) is 24.3 Å². The van der Waals surface area contributed by atoms with Gasteiger partial charge in [-0.3, -0.25) is 4.79 Å². The number of para-hydroxylation sites is 1. The summed E-state index contributed by atoms with van der Waals surface area (Å²) in [4.78, 5) is 11.2. The van der Waals surface area contributed by atoms with Crippen molar-refractivity contribution in [1.82, 2.24) is 5.32 Å². The molecule has 2 aliphatic rings. The molecule has 1 amide bonds. The molecule has 2 unspecified atom stereocenters. The number of amides is 1. The van der Waals surface area contributed by atoms with Crippen LogP contribution < -0.4 is 10.1 Å². The first-order valence-corrected chi connectivity index (χ1v) is 6.73. The highest BCUT2D eigenvalue weighted by Crippen LogP contribution is 2.44. The van der Waals surface area contributed by atoms with Gasteiger partial charge < -0.3 is 10.1 Å². The van der Waals surface area contributed by atoms with E-state index < -0.39 is 0 Å². The van der Waals surface area contributed by atoms with Gasteiger partial charge in [0, 0.05) is 18.9 Å². The smallest absolute Gasteiger partial charge is 0.217 e. The van der Waals surface area contributed by atoms with E-state index in [0.717, 1.165) is 31.6 Å². The number of hydrogen-bond acceptors (Lipinski definition) is 2. The second kappa shape index (κ2) is 4.63. The molecule has 96 valence electrons. The maximum absolute atomic E-state index is 11.2. The Labute approximate surface area is 108 Å². The van der Waals surface area contributed by atoms with Crippen molar-refractivity contribution in [1.29, 1.82) is 0 Å². The quantitative estimate of drug-likeness (QED) is 0.825. The van der Waals surface area contributed by atoms with Crippen LogP contribution in [0.5, 0.6) is 5.75 Å². The molecule has 1 aliphatic heterocycles. The van der Waals surface area contributed by atoms with Gasteiger partial charge in [0.1, 0.15) is 5.75 Å². The first kappa shape index (κ1) is 11.6. The van der Waals surface area contributed by atoms with Gasteiger partial charge in [-0.2, -0.15) is 0 Å². The lowest BCUT2D eigenvalue weighted by Gasteiger charge is -2.40. The van der Waals surface area contributed by atoms with Crippen LogP contribution in [-0.4, -0.2) is 18.6 Å². The summed E-state index contributed by atoms with van der Waals surface area (Å²) in [5.41, 5.74) is 1.32. The third-order valence-electron chi connectivity index (χ3n) is 4.17. The number of fused-ring (bicyclic) bond motifs is 3. The van der Waals surface area contributed by atoms with Crippen LogP contribution in [0, 0.1) is 5.92 Å². The zero-order valence-electron chi connectivity index (χ0n) is 10.7. The molecular formula is C15H19NO2. The highest BCUT2D eigenvalue weighted by atomic mass is 16.5. The summed E-state index contributed by atoms with van der Waals surface area (Å²) in [7, 11) is 0. The van der Waals surface area contributed by atoms with Crippen LogP contribution in [0.2, 0.25) is 0 Å². The standard InChI is InChI=1S/C15H19NO2/c1-10(17)16-12-7-6-11-9-18-15-5-3-2-4-13(15)14(11)8-12/h2-5,11-12,14H,6-9H2,1H3,(H,16,17)/t11?,12-,14?/m1/s1. The second-order valence-electron chi connectivity index (χ2n) is 5.43. The lowest BCUT2D eigenvalue weighted by Crippen LogP contribution is -2.41. The molecule has 1 saturated carbocycles. The Morgan fingerprint density at radius 2 is 2.17 bits per heavy atom. The van der Waals surface area contributed by atoms with Crippen molar-refractivity contribution in [3.63, 3.8) is 0 Å². The Kier molecular flexibility index (Phi) is 2.98. The molecule has 0 radical (unpaired) electrons. The van der Waals surface area contributed by atoms with Gasteiger partial charge in [-0.1, -0.05) is 18.2 Å². The summed E-state index contributed by atoms with van der Waals surface area (Å²) in [6.07, 6.45) is 3.26. The van der Waals surface area contributed by atoms with E-state index in [-0.39, 0.29) is 5.91 Å². The summed E-state index contributed by atoms with van der Waals surface area (Å²) in [5, 5.41) is 3.07. The number of carbonyl (C=O) groups is 1. The average molecular weight is 245 g/mol. The van der Waals surface area contributed by atoms with Crippen LogP contribution in [0.4, 0.5) is 0 Å². The van der Waals surface area contributed by atoms with E-state index in [9.17, 15) is 4.79 Å². The largest absolute Gasteiger partial charge is 0.493 e. The zero-order chi connectivity index (χ0) is 12.5. The molecule has 3 heteroatoms.